The number of hydrogen-bond donors (Lipinski definition) is 0. The summed E-state index contributed by atoms with van der Waals surface area (Å²) >= 11 is 3.46. The van der Waals surface area contributed by atoms with E-state index in [9.17, 15) is 0 Å². The van der Waals surface area contributed by atoms with Gasteiger partial charge in [-0.1, -0.05) is 58.9 Å². The predicted octanol–water partition coefficient (Wildman–Crippen LogP) is 4.38. The molecule has 0 aliphatic carbocycles. The van der Waals surface area contributed by atoms with Crippen LogP contribution in [0.25, 0.3) is 16.8 Å². The molecule has 0 heterocycles. The molecule has 1 heteroatoms. The molecule has 0 spiro atoms. The largest absolute Gasteiger partial charge is 0.0985 e. The van der Waals surface area contributed by atoms with Crippen molar-refractivity contribution in [2.75, 3.05) is 0 Å². The Morgan fingerprint density at radius 3 is 2.57 bits per heavy atom. The molecule has 2 rings (SSSR count). The monoisotopic (exact) mass is 246 g/mol. The van der Waals surface area contributed by atoms with Gasteiger partial charge in [0.2, 0.25) is 0 Å². The number of alkyl halides is 1. The second-order valence-electron chi connectivity index (χ2n) is 3.28. The van der Waals surface area contributed by atoms with Crippen LogP contribution in [-0.2, 0) is 5.33 Å². The fourth-order valence-electron chi connectivity index (χ4n) is 1.52. The zero-order valence-corrected chi connectivity index (χ0v) is 9.42. The highest BCUT2D eigenvalue weighted by Crippen LogP contribution is 2.19. The van der Waals surface area contributed by atoms with Crippen molar-refractivity contribution >= 4 is 32.8 Å². The highest BCUT2D eigenvalue weighted by molar-refractivity contribution is 9.08. The lowest BCUT2D eigenvalue weighted by molar-refractivity contribution is 1.46. The molecule has 2 aromatic rings. The summed E-state index contributed by atoms with van der Waals surface area (Å²) in [4.78, 5) is 0. The molecule has 0 radical (unpaired) electrons. The first-order valence-electron chi connectivity index (χ1n) is 4.54. The number of hydrogen-bond acceptors (Lipinski definition) is 0. The van der Waals surface area contributed by atoms with E-state index >= 15 is 0 Å². The lowest BCUT2D eigenvalue weighted by atomic mass is 10.0. The van der Waals surface area contributed by atoms with E-state index in [0.29, 0.717) is 0 Å². The van der Waals surface area contributed by atoms with Gasteiger partial charge in [-0.05, 0) is 28.0 Å². The molecule has 0 aliphatic rings. The summed E-state index contributed by atoms with van der Waals surface area (Å²) < 4.78 is 0. The van der Waals surface area contributed by atoms with E-state index in [1.54, 1.807) is 0 Å². The molecule has 2 aromatic carbocycles. The molecule has 0 saturated heterocycles. The molecule has 0 unspecified atom stereocenters. The molecule has 0 N–H and O–H groups in total. The van der Waals surface area contributed by atoms with Gasteiger partial charge in [0.25, 0.3) is 0 Å². The SMILES string of the molecule is C=Cc1ccc2ccc(CBr)cc2c1. The predicted molar refractivity (Wildman–Crippen MR) is 66.7 cm³/mol. The van der Waals surface area contributed by atoms with Crippen LogP contribution in [0.5, 0.6) is 0 Å². The zero-order valence-electron chi connectivity index (χ0n) is 7.83. The molecule has 0 atom stereocenters. The van der Waals surface area contributed by atoms with Crippen LogP contribution in [-0.4, -0.2) is 0 Å². The number of rotatable bonds is 2. The number of benzene rings is 2. The average molecular weight is 247 g/mol. The average Bonchev–Trinajstić information content (AvgIpc) is 2.27. The van der Waals surface area contributed by atoms with Gasteiger partial charge in [-0.3, -0.25) is 0 Å². The summed E-state index contributed by atoms with van der Waals surface area (Å²) in [6, 6.07) is 12.9. The van der Waals surface area contributed by atoms with E-state index in [1.165, 1.54) is 21.9 Å². The zero-order chi connectivity index (χ0) is 9.97. The Morgan fingerprint density at radius 1 is 1.07 bits per heavy atom. The van der Waals surface area contributed by atoms with Gasteiger partial charge >= 0.3 is 0 Å². The third-order valence-corrected chi connectivity index (χ3v) is 2.97. The van der Waals surface area contributed by atoms with Gasteiger partial charge in [-0.2, -0.15) is 0 Å². The Labute approximate surface area is 92.4 Å². The fourth-order valence-corrected chi connectivity index (χ4v) is 1.87. The molecule has 0 saturated carbocycles. The van der Waals surface area contributed by atoms with E-state index in [0.717, 1.165) is 5.33 Å². The maximum absolute atomic E-state index is 3.77. The Balaban J connectivity index is 2.65. The Kier molecular flexibility index (Phi) is 2.69. The van der Waals surface area contributed by atoms with Crippen LogP contribution in [0, 0.1) is 0 Å². The third-order valence-electron chi connectivity index (χ3n) is 2.32. The van der Waals surface area contributed by atoms with Crippen LogP contribution in [0.2, 0.25) is 0 Å². The first kappa shape index (κ1) is 9.47. The van der Waals surface area contributed by atoms with Gasteiger partial charge in [-0.25, -0.2) is 0 Å². The minimum atomic E-state index is 0.904. The summed E-state index contributed by atoms with van der Waals surface area (Å²) in [6.07, 6.45) is 1.88. The van der Waals surface area contributed by atoms with Gasteiger partial charge in [0.1, 0.15) is 0 Å². The van der Waals surface area contributed by atoms with Crippen molar-refractivity contribution in [3.8, 4) is 0 Å². The smallest absolute Gasteiger partial charge is 0.0283 e. The second kappa shape index (κ2) is 3.97. The van der Waals surface area contributed by atoms with Gasteiger partial charge in [0, 0.05) is 5.33 Å². The van der Waals surface area contributed by atoms with Crippen LogP contribution >= 0.6 is 15.9 Å². The van der Waals surface area contributed by atoms with Crippen molar-refractivity contribution in [2.45, 2.75) is 5.33 Å². The van der Waals surface area contributed by atoms with Crippen LogP contribution in [0.1, 0.15) is 11.1 Å². The van der Waals surface area contributed by atoms with E-state index in [-0.39, 0.29) is 0 Å². The van der Waals surface area contributed by atoms with Crippen LogP contribution < -0.4 is 0 Å². The van der Waals surface area contributed by atoms with Crippen molar-refractivity contribution in [2.24, 2.45) is 0 Å². The van der Waals surface area contributed by atoms with Crippen molar-refractivity contribution < 1.29 is 0 Å². The summed E-state index contributed by atoms with van der Waals surface area (Å²) in [5.74, 6) is 0. The Bertz CT molecular complexity index is 472. The van der Waals surface area contributed by atoms with Crippen molar-refractivity contribution in [1.29, 1.82) is 0 Å². The summed E-state index contributed by atoms with van der Waals surface area (Å²) in [6.45, 7) is 3.77. The molecule has 14 heavy (non-hydrogen) atoms. The number of fused-ring (bicyclic) bond motifs is 1. The Morgan fingerprint density at radius 2 is 1.86 bits per heavy atom. The standard InChI is InChI=1S/C13H11Br/c1-2-10-3-5-12-6-4-11(9-14)8-13(12)7-10/h2-8H,1,9H2. The lowest BCUT2D eigenvalue weighted by Gasteiger charge is -2.01. The highest BCUT2D eigenvalue weighted by Gasteiger charge is 1.95. The summed E-state index contributed by atoms with van der Waals surface area (Å²) in [5, 5.41) is 3.46. The molecule has 0 aromatic heterocycles. The molecule has 0 bridgehead atoms. The third kappa shape index (κ3) is 1.73. The molecular weight excluding hydrogens is 236 g/mol. The van der Waals surface area contributed by atoms with Crippen LogP contribution in [0.3, 0.4) is 0 Å². The maximum atomic E-state index is 3.77. The first-order chi connectivity index (χ1) is 6.83. The first-order valence-corrected chi connectivity index (χ1v) is 5.67. The van der Waals surface area contributed by atoms with E-state index in [1.807, 2.05) is 6.08 Å². The Hall–Kier alpha value is -1.08. The molecule has 0 aliphatic heterocycles. The van der Waals surface area contributed by atoms with E-state index < -0.39 is 0 Å². The molecule has 0 amide bonds. The van der Waals surface area contributed by atoms with Crippen LogP contribution in [0.4, 0.5) is 0 Å². The van der Waals surface area contributed by atoms with E-state index in [2.05, 4.69) is 58.9 Å². The molecule has 0 nitrogen and oxygen atoms in total. The van der Waals surface area contributed by atoms with Gasteiger partial charge in [-0.15, -0.1) is 0 Å². The molecular formula is C13H11Br. The molecule has 0 fully saturated rings. The van der Waals surface area contributed by atoms with Gasteiger partial charge in [0.05, 0.1) is 0 Å². The van der Waals surface area contributed by atoms with Crippen molar-refractivity contribution in [3.63, 3.8) is 0 Å². The second-order valence-corrected chi connectivity index (χ2v) is 3.84. The van der Waals surface area contributed by atoms with Crippen LogP contribution in [0.15, 0.2) is 43.0 Å². The highest BCUT2D eigenvalue weighted by atomic mass is 79.9. The minimum Gasteiger partial charge on any atom is -0.0985 e. The number of halogens is 1. The van der Waals surface area contributed by atoms with Gasteiger partial charge in [0.15, 0.2) is 0 Å². The lowest BCUT2D eigenvalue weighted by Crippen LogP contribution is -1.79. The van der Waals surface area contributed by atoms with Crippen molar-refractivity contribution in [3.05, 3.63) is 54.1 Å². The van der Waals surface area contributed by atoms with E-state index in [4.69, 9.17) is 0 Å². The quantitative estimate of drug-likeness (QED) is 0.691. The summed E-state index contributed by atoms with van der Waals surface area (Å²) in [7, 11) is 0. The molecule has 70 valence electrons. The normalized spacial score (nSPS) is 10.4. The minimum absolute atomic E-state index is 0.904. The summed E-state index contributed by atoms with van der Waals surface area (Å²) in [5.41, 5.74) is 2.47. The topological polar surface area (TPSA) is 0 Å². The van der Waals surface area contributed by atoms with Gasteiger partial charge < -0.3 is 0 Å². The van der Waals surface area contributed by atoms with Crippen molar-refractivity contribution in [1.82, 2.24) is 0 Å². The maximum Gasteiger partial charge on any atom is 0.0283 e. The fraction of sp³-hybridized carbons (Fsp3) is 0.0769.